The van der Waals surface area contributed by atoms with Gasteiger partial charge in [-0.1, -0.05) is 90.4 Å². The molecule has 0 spiro atoms. The molecule has 1 aliphatic heterocycles. The molecule has 1 aliphatic carbocycles. The predicted octanol–water partition coefficient (Wildman–Crippen LogP) is 7.18. The lowest BCUT2D eigenvalue weighted by molar-refractivity contribution is -0.927. The van der Waals surface area contributed by atoms with Crippen molar-refractivity contribution in [2.45, 2.75) is 142 Å². The minimum atomic E-state index is -4.27. The summed E-state index contributed by atoms with van der Waals surface area (Å²) in [7, 11) is -2.08. The SMILES string of the molecule is CCCCCCCCCCCCCCCCOCC(COP(=O)(O)OC1CC2CC1[N+](C)(CC)C2)OC(C)=O. The van der Waals surface area contributed by atoms with Gasteiger partial charge in [-0.3, -0.25) is 13.8 Å². The summed E-state index contributed by atoms with van der Waals surface area (Å²) >= 11 is 0. The molecule has 2 bridgehead atoms. The molecule has 6 atom stereocenters. The van der Waals surface area contributed by atoms with E-state index in [0.29, 0.717) is 12.5 Å². The van der Waals surface area contributed by atoms with E-state index in [2.05, 4.69) is 20.9 Å². The van der Waals surface area contributed by atoms with Gasteiger partial charge < -0.3 is 18.9 Å². The summed E-state index contributed by atoms with van der Waals surface area (Å²) in [5, 5.41) is 0. The van der Waals surface area contributed by atoms with Gasteiger partial charge >= 0.3 is 13.8 Å². The Labute approximate surface area is 238 Å². The van der Waals surface area contributed by atoms with Crippen molar-refractivity contribution in [3.05, 3.63) is 0 Å². The number of rotatable bonds is 24. The Bertz CT molecular complexity index is 723. The number of likely N-dealkylation sites (N-methyl/N-ethyl adjacent to an activating group) is 1. The lowest BCUT2D eigenvalue weighted by atomic mass is 10.0. The maximum atomic E-state index is 12.7. The van der Waals surface area contributed by atoms with Crippen LogP contribution in [0, 0.1) is 5.92 Å². The van der Waals surface area contributed by atoms with E-state index in [-0.39, 0.29) is 25.4 Å². The van der Waals surface area contributed by atoms with Gasteiger partial charge in [-0.2, -0.15) is 0 Å². The molecule has 6 unspecified atom stereocenters. The zero-order valence-corrected chi connectivity index (χ0v) is 26.3. The number of phosphoric ester groups is 1. The monoisotopic (exact) mass is 576 g/mol. The minimum absolute atomic E-state index is 0.136. The number of nitrogens with zero attached hydrogens (tertiary/aromatic N) is 1. The van der Waals surface area contributed by atoms with Crippen LogP contribution in [-0.4, -0.2) is 73.6 Å². The highest BCUT2D eigenvalue weighted by molar-refractivity contribution is 7.47. The lowest BCUT2D eigenvalue weighted by Crippen LogP contribution is -2.55. The predicted molar refractivity (Wildman–Crippen MR) is 155 cm³/mol. The molecule has 230 valence electrons. The Kier molecular flexibility index (Phi) is 16.8. The van der Waals surface area contributed by atoms with E-state index in [9.17, 15) is 14.3 Å². The normalized spacial score (nSPS) is 26.5. The molecule has 39 heavy (non-hydrogen) atoms. The van der Waals surface area contributed by atoms with Crippen LogP contribution in [0.15, 0.2) is 0 Å². The Hall–Kier alpha value is -0.500. The summed E-state index contributed by atoms with van der Waals surface area (Å²) in [6.07, 6.45) is 19.0. The first-order valence-corrected chi connectivity index (χ1v) is 17.4. The number of unbranched alkanes of at least 4 members (excludes halogenated alkanes) is 13. The molecule has 0 amide bonds. The second kappa shape index (κ2) is 18.8. The van der Waals surface area contributed by atoms with Crippen LogP contribution in [0.25, 0.3) is 0 Å². The molecule has 0 radical (unpaired) electrons. The number of ether oxygens (including phenoxy) is 2. The molecule has 0 aromatic rings. The molecule has 1 saturated carbocycles. The standard InChI is InChI=1S/C30H58NO7P/c1-5-7-8-9-10-11-12-13-14-15-16-17-18-19-20-35-24-28(37-26(3)32)25-36-39(33,34)38-30-22-27-21-29(30)31(4,6-2)23-27/h27-30H,5-25H2,1-4H3/p+1. The Balaban J connectivity index is 1.52. The van der Waals surface area contributed by atoms with E-state index in [1.807, 2.05) is 0 Å². The number of phosphoric acid groups is 1. The van der Waals surface area contributed by atoms with Crippen LogP contribution in [0.3, 0.4) is 0 Å². The van der Waals surface area contributed by atoms with Crippen LogP contribution in [0.5, 0.6) is 0 Å². The van der Waals surface area contributed by atoms with Crippen LogP contribution < -0.4 is 0 Å². The van der Waals surface area contributed by atoms with E-state index >= 15 is 0 Å². The van der Waals surface area contributed by atoms with Crippen molar-refractivity contribution in [2.75, 3.05) is 40.0 Å². The summed E-state index contributed by atoms with van der Waals surface area (Å²) in [6.45, 7) is 8.28. The van der Waals surface area contributed by atoms with Crippen molar-refractivity contribution in [3.8, 4) is 0 Å². The largest absolute Gasteiger partial charge is 0.472 e. The summed E-state index contributed by atoms with van der Waals surface area (Å²) in [6, 6.07) is 0.224. The number of hydrogen-bond acceptors (Lipinski definition) is 6. The van der Waals surface area contributed by atoms with Gasteiger partial charge in [0.25, 0.3) is 0 Å². The highest BCUT2D eigenvalue weighted by Crippen LogP contribution is 2.52. The fourth-order valence-corrected chi connectivity index (χ4v) is 7.41. The maximum absolute atomic E-state index is 12.7. The number of hydrogen-bond donors (Lipinski definition) is 1. The molecular weight excluding hydrogens is 517 g/mol. The quantitative estimate of drug-likeness (QED) is 0.0563. The Morgan fingerprint density at radius 1 is 0.897 bits per heavy atom. The molecule has 2 rings (SSSR count). The molecule has 1 N–H and O–H groups in total. The van der Waals surface area contributed by atoms with E-state index in [0.717, 1.165) is 43.3 Å². The maximum Gasteiger partial charge on any atom is 0.472 e. The zero-order chi connectivity index (χ0) is 28.6. The Morgan fingerprint density at radius 2 is 1.46 bits per heavy atom. The van der Waals surface area contributed by atoms with Gasteiger partial charge in [0.15, 0.2) is 0 Å². The van der Waals surface area contributed by atoms with Crippen LogP contribution in [0.1, 0.15) is 124 Å². The van der Waals surface area contributed by atoms with Gasteiger partial charge in [-0.05, 0) is 19.8 Å². The van der Waals surface area contributed by atoms with Gasteiger partial charge in [-0.15, -0.1) is 0 Å². The first-order valence-electron chi connectivity index (χ1n) is 15.9. The number of carbonyl (C=O) groups is 1. The molecule has 1 heterocycles. The molecule has 9 heteroatoms. The second-order valence-corrected chi connectivity index (χ2v) is 13.6. The lowest BCUT2D eigenvalue weighted by Gasteiger charge is -2.41. The first-order chi connectivity index (χ1) is 18.7. The van der Waals surface area contributed by atoms with Gasteiger partial charge in [0.1, 0.15) is 18.2 Å². The Morgan fingerprint density at radius 3 is 1.97 bits per heavy atom. The highest BCUT2D eigenvalue weighted by Gasteiger charge is 2.55. The molecule has 0 aromatic carbocycles. The third kappa shape index (κ3) is 13.8. The summed E-state index contributed by atoms with van der Waals surface area (Å²) < 4.78 is 35.4. The van der Waals surface area contributed by atoms with E-state index in [1.165, 1.54) is 84.0 Å². The number of esters is 1. The number of fused-ring (bicyclic) bond motifs is 2. The van der Waals surface area contributed by atoms with E-state index < -0.39 is 19.9 Å². The third-order valence-corrected chi connectivity index (χ3v) is 9.75. The molecule has 0 aromatic heterocycles. The summed E-state index contributed by atoms with van der Waals surface area (Å²) in [4.78, 5) is 21.9. The van der Waals surface area contributed by atoms with Crippen molar-refractivity contribution < 1.29 is 37.3 Å². The highest BCUT2D eigenvalue weighted by atomic mass is 31.2. The van der Waals surface area contributed by atoms with E-state index in [1.54, 1.807) is 0 Å². The van der Waals surface area contributed by atoms with Gasteiger partial charge in [0.2, 0.25) is 0 Å². The smallest absolute Gasteiger partial charge is 0.458 e. The fourth-order valence-electron chi connectivity index (χ4n) is 6.43. The van der Waals surface area contributed by atoms with Gasteiger partial charge in [0.05, 0.1) is 33.4 Å². The van der Waals surface area contributed by atoms with Crippen molar-refractivity contribution in [1.82, 2.24) is 0 Å². The average Bonchev–Trinajstić information content (AvgIpc) is 3.43. The number of likely N-dealkylation sites (tertiary alicyclic amines) is 1. The second-order valence-electron chi connectivity index (χ2n) is 12.2. The molecule has 2 fully saturated rings. The third-order valence-electron chi connectivity index (χ3n) is 8.74. The molecule has 2 aliphatic rings. The molecule has 8 nitrogen and oxygen atoms in total. The van der Waals surface area contributed by atoms with Gasteiger partial charge in [0, 0.05) is 25.9 Å². The minimum Gasteiger partial charge on any atom is -0.458 e. The zero-order valence-electron chi connectivity index (χ0n) is 25.4. The summed E-state index contributed by atoms with van der Waals surface area (Å²) in [5.74, 6) is 0.0588. The van der Waals surface area contributed by atoms with Crippen molar-refractivity contribution >= 4 is 13.8 Å². The fraction of sp³-hybridized carbons (Fsp3) is 0.967. The summed E-state index contributed by atoms with van der Waals surface area (Å²) in [5.41, 5.74) is 0. The number of piperidine rings is 1. The van der Waals surface area contributed by atoms with Crippen molar-refractivity contribution in [3.63, 3.8) is 0 Å². The van der Waals surface area contributed by atoms with Crippen LogP contribution in [-0.2, 0) is 27.9 Å². The topological polar surface area (TPSA) is 91.3 Å². The van der Waals surface area contributed by atoms with Gasteiger partial charge in [-0.25, -0.2) is 4.57 Å². The number of quaternary nitrogens is 1. The number of carbonyl (C=O) groups excluding carboxylic acids is 1. The average molecular weight is 577 g/mol. The van der Waals surface area contributed by atoms with Crippen molar-refractivity contribution in [2.24, 2.45) is 5.92 Å². The van der Waals surface area contributed by atoms with E-state index in [4.69, 9.17) is 18.5 Å². The first kappa shape index (κ1) is 34.7. The van der Waals surface area contributed by atoms with Crippen LogP contribution >= 0.6 is 7.82 Å². The van der Waals surface area contributed by atoms with Crippen LogP contribution in [0.2, 0.25) is 0 Å². The molecule has 1 saturated heterocycles. The van der Waals surface area contributed by atoms with Crippen molar-refractivity contribution in [1.29, 1.82) is 0 Å². The van der Waals surface area contributed by atoms with Crippen LogP contribution in [0.4, 0.5) is 0 Å². The molecular formula is C30H59NO7P+.